The van der Waals surface area contributed by atoms with Crippen molar-refractivity contribution in [2.45, 2.75) is 26.7 Å². The Morgan fingerprint density at radius 3 is 2.32 bits per heavy atom. The van der Waals surface area contributed by atoms with E-state index in [1.807, 2.05) is 30.3 Å². The fraction of sp³-hybridized carbons (Fsp3) is 0.207. The summed E-state index contributed by atoms with van der Waals surface area (Å²) in [5.41, 5.74) is 3.40. The molecule has 0 aliphatic rings. The lowest BCUT2D eigenvalue weighted by Crippen LogP contribution is -2.16. The molecular formula is C29H27ClN2O6. The third kappa shape index (κ3) is 7.14. The molecule has 0 atom stereocenters. The summed E-state index contributed by atoms with van der Waals surface area (Å²) in [7, 11) is 0. The Kier molecular flexibility index (Phi) is 9.00. The van der Waals surface area contributed by atoms with Gasteiger partial charge in [0.15, 0.2) is 5.76 Å². The molecule has 0 bridgehead atoms. The molecule has 0 saturated heterocycles. The SMILES string of the molecule is CCOC(=O)Cc1ccc(Oc2ccc(-c3onc(C)c3NC(=O)OCCc3ccccc3Cl)cc2)cc1. The molecule has 3 aromatic carbocycles. The summed E-state index contributed by atoms with van der Waals surface area (Å²) >= 11 is 6.15. The molecule has 0 aliphatic heterocycles. The first-order valence-electron chi connectivity index (χ1n) is 12.1. The number of ether oxygens (including phenoxy) is 3. The summed E-state index contributed by atoms with van der Waals surface area (Å²) in [5.74, 6) is 1.37. The smallest absolute Gasteiger partial charge is 0.411 e. The van der Waals surface area contributed by atoms with Gasteiger partial charge in [0, 0.05) is 17.0 Å². The molecule has 0 fully saturated rings. The van der Waals surface area contributed by atoms with Gasteiger partial charge in [-0.15, -0.1) is 0 Å². The maximum absolute atomic E-state index is 12.4. The van der Waals surface area contributed by atoms with Crippen LogP contribution < -0.4 is 10.1 Å². The molecular weight excluding hydrogens is 508 g/mol. The highest BCUT2D eigenvalue weighted by Gasteiger charge is 2.18. The van der Waals surface area contributed by atoms with Crippen LogP contribution in [0.25, 0.3) is 11.3 Å². The number of nitrogens with zero attached hydrogens (tertiary/aromatic N) is 1. The lowest BCUT2D eigenvalue weighted by molar-refractivity contribution is -0.142. The van der Waals surface area contributed by atoms with Gasteiger partial charge in [0.25, 0.3) is 0 Å². The molecule has 1 N–H and O–H groups in total. The largest absolute Gasteiger partial charge is 0.466 e. The topological polar surface area (TPSA) is 99.9 Å². The number of amides is 1. The highest BCUT2D eigenvalue weighted by Crippen LogP contribution is 2.33. The van der Waals surface area contributed by atoms with E-state index in [4.69, 9.17) is 30.3 Å². The Bertz CT molecular complexity index is 1380. The Hall–Kier alpha value is -4.30. The number of carbonyl (C=O) groups is 2. The minimum atomic E-state index is -0.615. The van der Waals surface area contributed by atoms with Crippen LogP contribution in [-0.4, -0.2) is 30.4 Å². The van der Waals surface area contributed by atoms with Crippen molar-refractivity contribution in [2.75, 3.05) is 18.5 Å². The van der Waals surface area contributed by atoms with E-state index in [0.717, 1.165) is 11.1 Å². The van der Waals surface area contributed by atoms with Crippen LogP contribution in [0.3, 0.4) is 0 Å². The van der Waals surface area contributed by atoms with E-state index in [0.29, 0.717) is 52.3 Å². The second-order valence-corrected chi connectivity index (χ2v) is 8.73. The van der Waals surface area contributed by atoms with Crippen LogP contribution in [0.5, 0.6) is 11.5 Å². The minimum absolute atomic E-state index is 0.172. The summed E-state index contributed by atoms with van der Waals surface area (Å²) in [6.07, 6.45) is 0.0963. The number of benzene rings is 3. The van der Waals surface area contributed by atoms with Gasteiger partial charge in [-0.1, -0.05) is 47.1 Å². The molecule has 4 aromatic rings. The minimum Gasteiger partial charge on any atom is -0.466 e. The number of anilines is 1. The highest BCUT2D eigenvalue weighted by molar-refractivity contribution is 6.31. The predicted molar refractivity (Wildman–Crippen MR) is 144 cm³/mol. The first-order chi connectivity index (χ1) is 18.4. The van der Waals surface area contributed by atoms with Gasteiger partial charge < -0.3 is 18.7 Å². The van der Waals surface area contributed by atoms with Crippen LogP contribution in [0.2, 0.25) is 5.02 Å². The van der Waals surface area contributed by atoms with E-state index < -0.39 is 6.09 Å². The van der Waals surface area contributed by atoms with Gasteiger partial charge in [0.1, 0.15) is 22.9 Å². The van der Waals surface area contributed by atoms with Gasteiger partial charge in [-0.25, -0.2) is 4.79 Å². The van der Waals surface area contributed by atoms with Gasteiger partial charge in [0.2, 0.25) is 0 Å². The summed E-state index contributed by atoms with van der Waals surface area (Å²) in [4.78, 5) is 24.0. The Balaban J connectivity index is 1.35. The predicted octanol–water partition coefficient (Wildman–Crippen LogP) is 6.99. The van der Waals surface area contributed by atoms with Crippen LogP contribution >= 0.6 is 11.6 Å². The fourth-order valence-electron chi connectivity index (χ4n) is 3.67. The van der Waals surface area contributed by atoms with Crippen molar-refractivity contribution in [3.8, 4) is 22.8 Å². The lowest BCUT2D eigenvalue weighted by atomic mass is 10.1. The number of nitrogens with one attached hydrogen (secondary N) is 1. The lowest BCUT2D eigenvalue weighted by Gasteiger charge is -2.09. The van der Waals surface area contributed by atoms with E-state index >= 15 is 0 Å². The number of halogens is 1. The Morgan fingerprint density at radius 1 is 0.947 bits per heavy atom. The van der Waals surface area contributed by atoms with Gasteiger partial charge >= 0.3 is 12.1 Å². The van der Waals surface area contributed by atoms with Crippen LogP contribution in [0.4, 0.5) is 10.5 Å². The van der Waals surface area contributed by atoms with Crippen molar-refractivity contribution >= 4 is 29.4 Å². The summed E-state index contributed by atoms with van der Waals surface area (Å²) in [6, 6.07) is 21.8. The average molecular weight is 535 g/mol. The number of rotatable bonds is 10. The molecule has 38 heavy (non-hydrogen) atoms. The zero-order chi connectivity index (χ0) is 26.9. The molecule has 1 aromatic heterocycles. The molecule has 4 rings (SSSR count). The summed E-state index contributed by atoms with van der Waals surface area (Å²) in [5, 5.41) is 7.35. The van der Waals surface area contributed by atoms with Gasteiger partial charge in [-0.3, -0.25) is 10.1 Å². The van der Waals surface area contributed by atoms with Gasteiger partial charge in [0.05, 0.1) is 19.6 Å². The summed E-state index contributed by atoms with van der Waals surface area (Å²) in [6.45, 7) is 4.04. The number of hydrogen-bond acceptors (Lipinski definition) is 7. The van der Waals surface area contributed by atoms with E-state index in [1.165, 1.54) is 0 Å². The van der Waals surface area contributed by atoms with Gasteiger partial charge in [-0.2, -0.15) is 0 Å². The van der Waals surface area contributed by atoms with E-state index in [9.17, 15) is 9.59 Å². The monoisotopic (exact) mass is 534 g/mol. The number of esters is 1. The van der Waals surface area contributed by atoms with Crippen molar-refractivity contribution in [3.05, 3.63) is 94.6 Å². The number of hydrogen-bond donors (Lipinski definition) is 1. The first kappa shape index (κ1) is 26.8. The number of aryl methyl sites for hydroxylation is 1. The molecule has 0 aliphatic carbocycles. The zero-order valence-corrected chi connectivity index (χ0v) is 21.8. The maximum Gasteiger partial charge on any atom is 0.411 e. The molecule has 8 nitrogen and oxygen atoms in total. The van der Waals surface area contributed by atoms with E-state index in [-0.39, 0.29) is 19.0 Å². The highest BCUT2D eigenvalue weighted by atomic mass is 35.5. The normalized spacial score (nSPS) is 10.6. The van der Waals surface area contributed by atoms with Crippen molar-refractivity contribution in [3.63, 3.8) is 0 Å². The Morgan fingerprint density at radius 2 is 1.63 bits per heavy atom. The average Bonchev–Trinajstić information content (AvgIpc) is 3.26. The zero-order valence-electron chi connectivity index (χ0n) is 21.0. The number of aromatic nitrogens is 1. The molecule has 1 amide bonds. The fourth-order valence-corrected chi connectivity index (χ4v) is 3.90. The van der Waals surface area contributed by atoms with Crippen LogP contribution in [0, 0.1) is 6.92 Å². The van der Waals surface area contributed by atoms with Crippen molar-refractivity contribution in [1.82, 2.24) is 5.16 Å². The molecule has 0 radical (unpaired) electrons. The van der Waals surface area contributed by atoms with Crippen molar-refractivity contribution in [2.24, 2.45) is 0 Å². The molecule has 9 heteroatoms. The molecule has 1 heterocycles. The van der Waals surface area contributed by atoms with Crippen LogP contribution in [-0.2, 0) is 27.1 Å². The third-order valence-corrected chi connectivity index (χ3v) is 5.95. The molecule has 0 saturated carbocycles. The standard InChI is InChI=1S/C29H27ClN2O6/c1-3-35-26(33)18-20-8-12-23(13-9-20)37-24-14-10-22(11-15-24)28-27(19(2)32-38-28)31-29(34)36-17-16-21-6-4-5-7-25(21)30/h4-15H,3,16-18H2,1-2H3,(H,31,34). The Labute approximate surface area is 225 Å². The third-order valence-electron chi connectivity index (χ3n) is 5.58. The van der Waals surface area contributed by atoms with E-state index in [2.05, 4.69) is 10.5 Å². The molecule has 0 spiro atoms. The first-order valence-corrected chi connectivity index (χ1v) is 12.5. The van der Waals surface area contributed by atoms with Crippen LogP contribution in [0.1, 0.15) is 23.7 Å². The molecule has 0 unspecified atom stereocenters. The number of carbonyl (C=O) groups excluding carboxylic acids is 2. The van der Waals surface area contributed by atoms with Crippen molar-refractivity contribution in [1.29, 1.82) is 0 Å². The van der Waals surface area contributed by atoms with Gasteiger partial charge in [-0.05, 0) is 67.4 Å². The molecule has 196 valence electrons. The van der Waals surface area contributed by atoms with E-state index in [1.54, 1.807) is 56.3 Å². The van der Waals surface area contributed by atoms with Crippen molar-refractivity contribution < 1.29 is 28.3 Å². The maximum atomic E-state index is 12.4. The summed E-state index contributed by atoms with van der Waals surface area (Å²) < 4.78 is 21.7. The second kappa shape index (κ2) is 12.8. The second-order valence-electron chi connectivity index (χ2n) is 8.33. The quantitative estimate of drug-likeness (QED) is 0.219. The van der Waals surface area contributed by atoms with Crippen LogP contribution in [0.15, 0.2) is 77.3 Å².